The molecule has 2 amide bonds. The highest BCUT2D eigenvalue weighted by molar-refractivity contribution is 7.80. The van der Waals surface area contributed by atoms with Crippen LogP contribution in [0.4, 0.5) is 5.00 Å². The molecule has 1 aromatic heterocycles. The van der Waals surface area contributed by atoms with Gasteiger partial charge in [-0.05, 0) is 61.7 Å². The normalized spacial score (nSPS) is 13.4. The summed E-state index contributed by atoms with van der Waals surface area (Å²) in [5.74, 6) is 0.0866. The van der Waals surface area contributed by atoms with Crippen molar-refractivity contribution in [2.24, 2.45) is 5.73 Å². The van der Waals surface area contributed by atoms with Crippen molar-refractivity contribution in [3.63, 3.8) is 0 Å². The maximum atomic E-state index is 12.6. The molecule has 2 aromatic rings. The third-order valence-corrected chi connectivity index (χ3v) is 6.43. The van der Waals surface area contributed by atoms with E-state index in [0.717, 1.165) is 37.7 Å². The lowest BCUT2D eigenvalue weighted by atomic mass is 9.96. The van der Waals surface area contributed by atoms with Crippen LogP contribution in [0.5, 0.6) is 11.5 Å². The van der Waals surface area contributed by atoms with E-state index in [0.29, 0.717) is 27.6 Å². The number of fused-ring (bicyclic) bond motifs is 1. The minimum absolute atomic E-state index is 0.103. The zero-order chi connectivity index (χ0) is 21.7. The third kappa shape index (κ3) is 4.91. The molecule has 0 saturated heterocycles. The van der Waals surface area contributed by atoms with Crippen LogP contribution in [0, 0.1) is 0 Å². The van der Waals surface area contributed by atoms with E-state index < -0.39 is 11.8 Å². The topological polar surface area (TPSA) is 103 Å². The average Bonchev–Trinajstić information content (AvgIpc) is 3.03. The Hall–Kier alpha value is -2.65. The monoisotopic (exact) mass is 447 g/mol. The van der Waals surface area contributed by atoms with Crippen LogP contribution < -0.4 is 25.8 Å². The van der Waals surface area contributed by atoms with Gasteiger partial charge in [0.15, 0.2) is 16.6 Å². The first-order valence-electron chi connectivity index (χ1n) is 9.73. The van der Waals surface area contributed by atoms with E-state index in [9.17, 15) is 9.59 Å². The molecule has 0 spiro atoms. The van der Waals surface area contributed by atoms with Crippen molar-refractivity contribution in [3.8, 4) is 11.5 Å². The predicted octanol–water partition coefficient (Wildman–Crippen LogP) is 3.65. The number of thiophene rings is 1. The van der Waals surface area contributed by atoms with Gasteiger partial charge in [0.05, 0.1) is 19.8 Å². The molecule has 0 aliphatic heterocycles. The number of primary amides is 1. The minimum atomic E-state index is -0.482. The van der Waals surface area contributed by atoms with Gasteiger partial charge in [-0.3, -0.25) is 14.9 Å². The molecule has 0 atom stereocenters. The van der Waals surface area contributed by atoms with Gasteiger partial charge in [-0.25, -0.2) is 0 Å². The Labute approximate surface area is 184 Å². The Kier molecular flexibility index (Phi) is 7.28. The van der Waals surface area contributed by atoms with Gasteiger partial charge in [0, 0.05) is 10.4 Å². The van der Waals surface area contributed by atoms with Crippen LogP contribution >= 0.6 is 23.6 Å². The van der Waals surface area contributed by atoms with Gasteiger partial charge < -0.3 is 20.5 Å². The van der Waals surface area contributed by atoms with Gasteiger partial charge in [0.25, 0.3) is 11.8 Å². The summed E-state index contributed by atoms with van der Waals surface area (Å²) in [6, 6.07) is 4.84. The Morgan fingerprint density at radius 1 is 1.07 bits per heavy atom. The molecule has 0 fully saturated rings. The number of amides is 2. The van der Waals surface area contributed by atoms with E-state index in [-0.39, 0.29) is 5.11 Å². The van der Waals surface area contributed by atoms with E-state index in [1.54, 1.807) is 18.2 Å². The number of carbonyl (C=O) groups excluding carboxylic acids is 2. The summed E-state index contributed by atoms with van der Waals surface area (Å²) in [6.07, 6.45) is 6.21. The fraction of sp³-hybridized carbons (Fsp3) is 0.381. The van der Waals surface area contributed by atoms with Crippen LogP contribution in [0.2, 0.25) is 0 Å². The van der Waals surface area contributed by atoms with Gasteiger partial charge in [-0.2, -0.15) is 0 Å². The van der Waals surface area contributed by atoms with Crippen molar-refractivity contribution >= 4 is 45.5 Å². The van der Waals surface area contributed by atoms with Crippen molar-refractivity contribution in [2.45, 2.75) is 38.5 Å². The molecular formula is C21H25N3O4S2. The van der Waals surface area contributed by atoms with Crippen LogP contribution in [0.1, 0.15) is 56.8 Å². The molecule has 0 bridgehead atoms. The number of hydrogen-bond acceptors (Lipinski definition) is 6. The first-order chi connectivity index (χ1) is 14.4. The number of methoxy groups -OCH3 is 2. The maximum absolute atomic E-state index is 12.6. The summed E-state index contributed by atoms with van der Waals surface area (Å²) in [5.41, 5.74) is 7.54. The lowest BCUT2D eigenvalue weighted by molar-refractivity contribution is 0.0975. The van der Waals surface area contributed by atoms with Gasteiger partial charge in [-0.15, -0.1) is 11.3 Å². The number of nitrogens with one attached hydrogen (secondary N) is 2. The molecule has 0 unspecified atom stereocenters. The van der Waals surface area contributed by atoms with Gasteiger partial charge >= 0.3 is 0 Å². The van der Waals surface area contributed by atoms with E-state index in [1.165, 1.54) is 36.9 Å². The smallest absolute Gasteiger partial charge is 0.257 e. The molecule has 7 nitrogen and oxygen atoms in total. The number of benzene rings is 1. The lowest BCUT2D eigenvalue weighted by Gasteiger charge is -2.12. The molecule has 0 radical (unpaired) electrons. The zero-order valence-corrected chi connectivity index (χ0v) is 18.6. The highest BCUT2D eigenvalue weighted by Gasteiger charge is 2.23. The zero-order valence-electron chi connectivity index (χ0n) is 17.0. The van der Waals surface area contributed by atoms with Gasteiger partial charge in [0.1, 0.15) is 5.00 Å². The van der Waals surface area contributed by atoms with Crippen LogP contribution in [-0.4, -0.2) is 31.1 Å². The number of rotatable bonds is 5. The minimum Gasteiger partial charge on any atom is -0.493 e. The summed E-state index contributed by atoms with van der Waals surface area (Å²) < 4.78 is 10.4. The van der Waals surface area contributed by atoms with Crippen LogP contribution in [0.25, 0.3) is 0 Å². The Balaban J connectivity index is 1.77. The van der Waals surface area contributed by atoms with E-state index >= 15 is 0 Å². The molecule has 1 heterocycles. The Morgan fingerprint density at radius 2 is 1.77 bits per heavy atom. The highest BCUT2D eigenvalue weighted by Crippen LogP contribution is 2.36. The number of hydrogen-bond donors (Lipinski definition) is 3. The SMILES string of the molecule is COc1ccc(C(=O)NC(=S)Nc2sc3c(c2C(N)=O)CCCCCC3)cc1OC. The molecule has 30 heavy (non-hydrogen) atoms. The summed E-state index contributed by atoms with van der Waals surface area (Å²) in [5, 5.41) is 6.34. The number of thiocarbonyl (C=S) groups is 1. The van der Waals surface area contributed by atoms with Crippen molar-refractivity contribution in [3.05, 3.63) is 39.8 Å². The first-order valence-corrected chi connectivity index (χ1v) is 11.0. The predicted molar refractivity (Wildman–Crippen MR) is 122 cm³/mol. The Bertz CT molecular complexity index is 971. The molecule has 9 heteroatoms. The maximum Gasteiger partial charge on any atom is 0.257 e. The van der Waals surface area contributed by atoms with Crippen molar-refractivity contribution in [2.75, 3.05) is 19.5 Å². The quantitative estimate of drug-likeness (QED) is 0.605. The number of nitrogens with two attached hydrogens (primary N) is 1. The van der Waals surface area contributed by atoms with Crippen molar-refractivity contribution in [1.29, 1.82) is 0 Å². The van der Waals surface area contributed by atoms with Crippen molar-refractivity contribution < 1.29 is 19.1 Å². The Morgan fingerprint density at radius 3 is 2.43 bits per heavy atom. The van der Waals surface area contributed by atoms with Crippen LogP contribution in [-0.2, 0) is 12.8 Å². The van der Waals surface area contributed by atoms with E-state index in [2.05, 4.69) is 10.6 Å². The third-order valence-electron chi connectivity index (χ3n) is 5.02. The summed E-state index contributed by atoms with van der Waals surface area (Å²) >= 11 is 6.81. The van der Waals surface area contributed by atoms with Gasteiger partial charge in [0.2, 0.25) is 0 Å². The molecular weight excluding hydrogens is 422 g/mol. The second kappa shape index (κ2) is 9.90. The summed E-state index contributed by atoms with van der Waals surface area (Å²) in [6.45, 7) is 0. The molecule has 4 N–H and O–H groups in total. The van der Waals surface area contributed by atoms with Crippen LogP contribution in [0.15, 0.2) is 18.2 Å². The second-order valence-corrected chi connectivity index (χ2v) is 8.48. The average molecular weight is 448 g/mol. The van der Waals surface area contributed by atoms with E-state index in [4.69, 9.17) is 27.4 Å². The molecule has 0 saturated carbocycles. The first kappa shape index (κ1) is 22.0. The van der Waals surface area contributed by atoms with Crippen LogP contribution in [0.3, 0.4) is 0 Å². The lowest BCUT2D eigenvalue weighted by Crippen LogP contribution is -2.34. The molecule has 1 aliphatic rings. The number of carbonyl (C=O) groups is 2. The molecule has 160 valence electrons. The number of anilines is 1. The van der Waals surface area contributed by atoms with E-state index in [1.807, 2.05) is 0 Å². The van der Waals surface area contributed by atoms with Crippen molar-refractivity contribution in [1.82, 2.24) is 5.32 Å². The second-order valence-electron chi connectivity index (χ2n) is 6.96. The number of aryl methyl sites for hydroxylation is 1. The summed E-state index contributed by atoms with van der Waals surface area (Å²) in [7, 11) is 3.03. The molecule has 1 aliphatic carbocycles. The highest BCUT2D eigenvalue weighted by atomic mass is 32.1. The standard InChI is InChI=1S/C21H25N3O4S2/c1-27-14-10-9-12(11-15(14)28-2)19(26)23-21(29)24-20-17(18(22)25)13-7-5-3-4-6-8-16(13)30-20/h9-11H,3-8H2,1-2H3,(H2,22,25)(H2,23,24,26,29). The molecule has 1 aromatic carbocycles. The summed E-state index contributed by atoms with van der Waals surface area (Å²) in [4.78, 5) is 25.9. The fourth-order valence-corrected chi connectivity index (χ4v) is 5.11. The molecule has 3 rings (SSSR count). The number of ether oxygens (including phenoxy) is 2. The largest absolute Gasteiger partial charge is 0.493 e. The fourth-order valence-electron chi connectivity index (χ4n) is 3.56. The van der Waals surface area contributed by atoms with Gasteiger partial charge in [-0.1, -0.05) is 12.8 Å².